The maximum Gasteiger partial charge on any atom is 0.268 e. The lowest BCUT2D eigenvalue weighted by molar-refractivity contribution is -0.132. The predicted octanol–water partition coefficient (Wildman–Crippen LogP) is 0.261. The van der Waals surface area contributed by atoms with Gasteiger partial charge in [0.2, 0.25) is 5.91 Å². The van der Waals surface area contributed by atoms with Gasteiger partial charge in [0, 0.05) is 50.9 Å². The first-order valence-corrected chi connectivity index (χ1v) is 9.17. The average Bonchev–Trinajstić information content (AvgIpc) is 2.82. The van der Waals surface area contributed by atoms with Crippen molar-refractivity contribution in [3.63, 3.8) is 0 Å². The van der Waals surface area contributed by atoms with Gasteiger partial charge in [-0.15, -0.1) is 0 Å². The van der Waals surface area contributed by atoms with Crippen LogP contribution in [0.5, 0.6) is 5.75 Å². The molecule has 2 amide bonds. The maximum absolute atomic E-state index is 12.8. The number of rotatable bonds is 3. The van der Waals surface area contributed by atoms with E-state index in [0.29, 0.717) is 45.8 Å². The van der Waals surface area contributed by atoms with Crippen molar-refractivity contribution < 1.29 is 14.3 Å². The van der Waals surface area contributed by atoms with E-state index >= 15 is 0 Å². The number of hydrogen-bond donors (Lipinski definition) is 1. The smallest absolute Gasteiger partial charge is 0.268 e. The topological polar surface area (TPSA) is 93.7 Å². The molecule has 2 aliphatic rings. The molecule has 0 bridgehead atoms. The highest BCUT2D eigenvalue weighted by Crippen LogP contribution is 2.22. The molecule has 0 saturated heterocycles. The molecule has 1 aromatic carbocycles. The minimum Gasteiger partial charge on any atom is -0.492 e. The molecule has 0 spiro atoms. The van der Waals surface area contributed by atoms with Crippen molar-refractivity contribution in [2.45, 2.75) is 19.5 Å². The highest BCUT2D eigenvalue weighted by molar-refractivity contribution is 5.90. The van der Waals surface area contributed by atoms with Gasteiger partial charge in [0.15, 0.2) is 0 Å². The summed E-state index contributed by atoms with van der Waals surface area (Å²) in [5, 5.41) is 0. The van der Waals surface area contributed by atoms with E-state index in [9.17, 15) is 9.59 Å². The number of primary amides is 1. The Hall–Kier alpha value is -2.87. The Morgan fingerprint density at radius 1 is 1.15 bits per heavy atom. The van der Waals surface area contributed by atoms with Crippen molar-refractivity contribution in [2.75, 3.05) is 32.8 Å². The summed E-state index contributed by atoms with van der Waals surface area (Å²) in [6, 6.07) is 7.96. The number of amides is 2. The Bertz CT molecular complexity index is 837. The second-order valence-electron chi connectivity index (χ2n) is 6.90. The zero-order chi connectivity index (χ0) is 18.8. The summed E-state index contributed by atoms with van der Waals surface area (Å²) in [6.45, 7) is 4.18. The molecule has 2 N–H and O–H groups in total. The van der Waals surface area contributed by atoms with Gasteiger partial charge in [-0.05, 0) is 6.07 Å². The average molecular weight is 369 g/mol. The lowest BCUT2D eigenvalue weighted by Gasteiger charge is -2.25. The van der Waals surface area contributed by atoms with Crippen LogP contribution in [0.2, 0.25) is 0 Å². The lowest BCUT2D eigenvalue weighted by atomic mass is 10.2. The summed E-state index contributed by atoms with van der Waals surface area (Å²) in [6.07, 6.45) is 2.29. The van der Waals surface area contributed by atoms with E-state index in [4.69, 9.17) is 10.5 Å². The van der Waals surface area contributed by atoms with E-state index in [1.807, 2.05) is 33.7 Å². The van der Waals surface area contributed by atoms with Gasteiger partial charge in [-0.3, -0.25) is 14.5 Å². The van der Waals surface area contributed by atoms with E-state index in [2.05, 4.69) is 9.88 Å². The Kier molecular flexibility index (Phi) is 4.81. The number of fused-ring (bicyclic) bond motifs is 2. The standard InChI is InChI=1S/C19H23N5O3/c20-19(26)15-12-24-8-7-23(6-5-17(24)21-15)18(25)13-22-9-10-27-16-4-2-1-3-14(16)11-22/h1-4,12H,5-11,13H2,(H2,20,26). The van der Waals surface area contributed by atoms with Crippen LogP contribution < -0.4 is 10.5 Å². The molecule has 8 nitrogen and oxygen atoms in total. The minimum absolute atomic E-state index is 0.107. The number of carbonyl (C=O) groups excluding carboxylic acids is 2. The summed E-state index contributed by atoms with van der Waals surface area (Å²) < 4.78 is 7.69. The molecule has 2 aromatic rings. The quantitative estimate of drug-likeness (QED) is 0.838. The zero-order valence-electron chi connectivity index (χ0n) is 15.1. The number of carbonyl (C=O) groups is 2. The van der Waals surface area contributed by atoms with Crippen LogP contribution in [-0.4, -0.2) is 64.0 Å². The number of nitrogens with two attached hydrogens (primary N) is 1. The monoisotopic (exact) mass is 369 g/mol. The Morgan fingerprint density at radius 2 is 2.00 bits per heavy atom. The molecule has 8 heteroatoms. The molecule has 4 rings (SSSR count). The number of nitrogens with zero attached hydrogens (tertiary/aromatic N) is 4. The Balaban J connectivity index is 1.38. The van der Waals surface area contributed by atoms with Crippen LogP contribution in [0.4, 0.5) is 0 Å². The fourth-order valence-corrected chi connectivity index (χ4v) is 3.60. The van der Waals surface area contributed by atoms with E-state index < -0.39 is 5.91 Å². The van der Waals surface area contributed by atoms with E-state index in [1.165, 1.54) is 0 Å². The van der Waals surface area contributed by atoms with Gasteiger partial charge in [0.1, 0.15) is 23.9 Å². The second kappa shape index (κ2) is 7.40. The summed E-state index contributed by atoms with van der Waals surface area (Å²) >= 11 is 0. The van der Waals surface area contributed by atoms with Crippen LogP contribution in [0.25, 0.3) is 0 Å². The first kappa shape index (κ1) is 17.5. The molecule has 1 aromatic heterocycles. The van der Waals surface area contributed by atoms with Crippen LogP contribution in [0.15, 0.2) is 30.5 Å². The van der Waals surface area contributed by atoms with Crippen LogP contribution in [0.3, 0.4) is 0 Å². The van der Waals surface area contributed by atoms with Crippen molar-refractivity contribution in [3.8, 4) is 5.75 Å². The molecule has 0 fully saturated rings. The lowest BCUT2D eigenvalue weighted by Crippen LogP contribution is -2.42. The van der Waals surface area contributed by atoms with Crippen molar-refractivity contribution >= 4 is 11.8 Å². The van der Waals surface area contributed by atoms with Gasteiger partial charge in [0.05, 0.1) is 6.54 Å². The van der Waals surface area contributed by atoms with Gasteiger partial charge in [-0.25, -0.2) is 4.98 Å². The molecule has 0 unspecified atom stereocenters. The number of para-hydroxylation sites is 1. The second-order valence-corrected chi connectivity index (χ2v) is 6.90. The minimum atomic E-state index is -0.521. The van der Waals surface area contributed by atoms with Crippen LogP contribution in [-0.2, 0) is 24.3 Å². The third-order valence-electron chi connectivity index (χ3n) is 5.07. The normalized spacial score (nSPS) is 17.3. The molecular formula is C19H23N5O3. The molecule has 2 aliphatic heterocycles. The van der Waals surface area contributed by atoms with E-state index in [0.717, 1.165) is 23.7 Å². The molecule has 0 atom stereocenters. The van der Waals surface area contributed by atoms with E-state index in [-0.39, 0.29) is 11.6 Å². The molecular weight excluding hydrogens is 346 g/mol. The van der Waals surface area contributed by atoms with Crippen molar-refractivity contribution in [1.29, 1.82) is 0 Å². The molecule has 142 valence electrons. The van der Waals surface area contributed by atoms with Gasteiger partial charge in [0.25, 0.3) is 5.91 Å². The summed E-state index contributed by atoms with van der Waals surface area (Å²) in [5.41, 5.74) is 6.69. The molecule has 3 heterocycles. The fourth-order valence-electron chi connectivity index (χ4n) is 3.60. The van der Waals surface area contributed by atoms with E-state index in [1.54, 1.807) is 6.20 Å². The van der Waals surface area contributed by atoms with Gasteiger partial charge in [-0.2, -0.15) is 0 Å². The first-order chi connectivity index (χ1) is 13.1. The first-order valence-electron chi connectivity index (χ1n) is 9.17. The third-order valence-corrected chi connectivity index (χ3v) is 5.07. The van der Waals surface area contributed by atoms with Gasteiger partial charge in [-0.1, -0.05) is 18.2 Å². The number of ether oxygens (including phenoxy) is 1. The molecule has 0 aliphatic carbocycles. The number of benzene rings is 1. The predicted molar refractivity (Wildman–Crippen MR) is 98.2 cm³/mol. The van der Waals surface area contributed by atoms with Gasteiger partial charge >= 0.3 is 0 Å². The highest BCUT2D eigenvalue weighted by atomic mass is 16.5. The zero-order valence-corrected chi connectivity index (χ0v) is 15.1. The third kappa shape index (κ3) is 3.80. The SMILES string of the molecule is NC(=O)c1cn2c(n1)CCN(C(=O)CN1CCOc3ccccc3C1)CC2. The van der Waals surface area contributed by atoms with Crippen molar-refractivity contribution in [3.05, 3.63) is 47.5 Å². The summed E-state index contributed by atoms with van der Waals surface area (Å²) in [7, 11) is 0. The Labute approximate surface area is 157 Å². The number of hydrogen-bond acceptors (Lipinski definition) is 5. The Morgan fingerprint density at radius 3 is 2.85 bits per heavy atom. The number of aromatic nitrogens is 2. The van der Waals surface area contributed by atoms with Crippen LogP contribution in [0, 0.1) is 0 Å². The summed E-state index contributed by atoms with van der Waals surface area (Å²) in [4.78, 5) is 32.4. The molecule has 0 saturated carbocycles. The van der Waals surface area contributed by atoms with Crippen molar-refractivity contribution in [1.82, 2.24) is 19.4 Å². The maximum atomic E-state index is 12.8. The van der Waals surface area contributed by atoms with Crippen LogP contribution in [0.1, 0.15) is 21.9 Å². The fraction of sp³-hybridized carbons (Fsp3) is 0.421. The van der Waals surface area contributed by atoms with Crippen LogP contribution >= 0.6 is 0 Å². The van der Waals surface area contributed by atoms with Crippen molar-refractivity contribution in [2.24, 2.45) is 5.73 Å². The summed E-state index contributed by atoms with van der Waals surface area (Å²) in [5.74, 6) is 1.29. The number of imidazole rings is 1. The molecule has 0 radical (unpaired) electrons. The van der Waals surface area contributed by atoms with Gasteiger partial charge < -0.3 is 19.9 Å². The molecule has 27 heavy (non-hydrogen) atoms. The largest absolute Gasteiger partial charge is 0.492 e. The highest BCUT2D eigenvalue weighted by Gasteiger charge is 2.24.